The highest BCUT2D eigenvalue weighted by Crippen LogP contribution is 2.35. The van der Waals surface area contributed by atoms with Gasteiger partial charge in [0.25, 0.3) is 0 Å². The fourth-order valence-electron chi connectivity index (χ4n) is 2.62. The van der Waals surface area contributed by atoms with E-state index >= 15 is 0 Å². The molecule has 0 aromatic carbocycles. The first-order valence-corrected chi connectivity index (χ1v) is 4.45. The summed E-state index contributed by atoms with van der Waals surface area (Å²) < 4.78 is 0. The summed E-state index contributed by atoms with van der Waals surface area (Å²) in [6.07, 6.45) is 10.9. The monoisotopic (exact) mass is 122 g/mol. The molecule has 0 saturated carbocycles. The Balaban J connectivity index is 1.96. The molecule has 9 heavy (non-hydrogen) atoms. The predicted octanol–water partition coefficient (Wildman–Crippen LogP) is 2.69. The third kappa shape index (κ3) is 1.15. The summed E-state index contributed by atoms with van der Waals surface area (Å²) in [5, 5.41) is 0. The minimum atomic E-state index is 1.15. The molecule has 0 unspecified atom stereocenters. The van der Waals surface area contributed by atoms with Gasteiger partial charge in [0.15, 0.2) is 0 Å². The molecular weight excluding hydrogens is 107 g/mol. The van der Waals surface area contributed by atoms with Crippen LogP contribution in [0.15, 0.2) is 0 Å². The summed E-state index contributed by atoms with van der Waals surface area (Å²) in [6, 6.07) is 0. The van der Waals surface area contributed by atoms with Crippen molar-refractivity contribution in [2.24, 2.45) is 5.92 Å². The van der Waals surface area contributed by atoms with Gasteiger partial charge in [-0.1, -0.05) is 44.6 Å². The second kappa shape index (κ2) is 2.36. The molecule has 50 valence electrons. The average Bonchev–Trinajstić information content (AvgIpc) is 1.88. The zero-order valence-electron chi connectivity index (χ0n) is 6.10. The topological polar surface area (TPSA) is 0 Å². The molecule has 2 fully saturated rings. The Kier molecular flexibility index (Phi) is 1.53. The Hall–Kier alpha value is 0.0649. The Morgan fingerprint density at radius 3 is 2.11 bits per heavy atom. The van der Waals surface area contributed by atoms with Gasteiger partial charge in [-0.2, -0.15) is 0 Å². The van der Waals surface area contributed by atoms with E-state index in [1.807, 2.05) is 0 Å². The van der Waals surface area contributed by atoms with Crippen molar-refractivity contribution < 1.29 is 0 Å². The van der Waals surface area contributed by atoms with Gasteiger partial charge in [-0.15, -0.1) is 0 Å². The summed E-state index contributed by atoms with van der Waals surface area (Å²) in [6.45, 7) is 1.15. The van der Waals surface area contributed by atoms with E-state index in [2.05, 4.69) is 0 Å². The van der Waals surface area contributed by atoms with E-state index < -0.39 is 0 Å². The van der Waals surface area contributed by atoms with Crippen LogP contribution in [-0.4, -0.2) is 6.71 Å². The largest absolute Gasteiger partial charge is 0.140 e. The fourth-order valence-corrected chi connectivity index (χ4v) is 2.62. The highest BCUT2D eigenvalue weighted by molar-refractivity contribution is 6.59. The Morgan fingerprint density at radius 2 is 1.67 bits per heavy atom. The molecular formula is C8H15B. The van der Waals surface area contributed by atoms with Crippen LogP contribution >= 0.6 is 0 Å². The van der Waals surface area contributed by atoms with Crippen LogP contribution in [-0.2, 0) is 0 Å². The Bertz CT molecular complexity index is 80.7. The highest BCUT2D eigenvalue weighted by atomic mass is 14.2. The predicted molar refractivity (Wildman–Crippen MR) is 42.1 cm³/mol. The number of fused-ring (bicyclic) bond motifs is 2. The standard InChI is InChI=1S/C8H15B/c1-3-8-4-2-6-9(5-1)7-8/h8H,1-7H2. The van der Waals surface area contributed by atoms with Gasteiger partial charge in [-0.3, -0.25) is 0 Å². The highest BCUT2D eigenvalue weighted by Gasteiger charge is 2.27. The average molecular weight is 122 g/mol. The zero-order chi connectivity index (χ0) is 6.10. The summed E-state index contributed by atoms with van der Waals surface area (Å²) in [7, 11) is 0. The van der Waals surface area contributed by atoms with Gasteiger partial charge in [-0.05, 0) is 5.92 Å². The molecule has 0 N–H and O–H groups in total. The normalized spacial score (nSPS) is 28.7. The van der Waals surface area contributed by atoms with Gasteiger partial charge in [0.05, 0.1) is 0 Å². The molecule has 0 amide bonds. The molecule has 0 radical (unpaired) electrons. The van der Waals surface area contributed by atoms with Gasteiger partial charge in [-0.25, -0.2) is 0 Å². The number of hydrogen-bond donors (Lipinski definition) is 0. The second-order valence-corrected chi connectivity index (χ2v) is 3.83. The van der Waals surface area contributed by atoms with E-state index in [9.17, 15) is 0 Å². The van der Waals surface area contributed by atoms with E-state index in [0.717, 1.165) is 12.6 Å². The molecule has 2 saturated heterocycles. The molecule has 2 aliphatic rings. The third-order valence-electron chi connectivity index (χ3n) is 3.12. The third-order valence-corrected chi connectivity index (χ3v) is 3.12. The first-order chi connectivity index (χ1) is 4.45. The lowest BCUT2D eigenvalue weighted by atomic mass is 9.35. The molecule has 0 nitrogen and oxygen atoms in total. The van der Waals surface area contributed by atoms with Crippen molar-refractivity contribution in [3.63, 3.8) is 0 Å². The van der Waals surface area contributed by atoms with Crippen LogP contribution in [0, 0.1) is 5.92 Å². The van der Waals surface area contributed by atoms with E-state index in [4.69, 9.17) is 0 Å². The van der Waals surface area contributed by atoms with Gasteiger partial charge < -0.3 is 0 Å². The van der Waals surface area contributed by atoms with Crippen molar-refractivity contribution in [2.45, 2.75) is 44.6 Å². The molecule has 0 aliphatic carbocycles. The van der Waals surface area contributed by atoms with Crippen molar-refractivity contribution in [2.75, 3.05) is 0 Å². The molecule has 0 aromatic rings. The molecule has 2 heterocycles. The van der Waals surface area contributed by atoms with E-state index in [-0.39, 0.29) is 0 Å². The molecule has 1 heteroatoms. The fraction of sp³-hybridized carbons (Fsp3) is 1.00. The quantitative estimate of drug-likeness (QED) is 0.433. The molecule has 0 aromatic heterocycles. The Labute approximate surface area is 58.1 Å². The van der Waals surface area contributed by atoms with E-state index in [0.29, 0.717) is 0 Å². The first kappa shape index (κ1) is 5.82. The summed E-state index contributed by atoms with van der Waals surface area (Å²) in [4.78, 5) is 0. The lowest BCUT2D eigenvalue weighted by Crippen LogP contribution is -2.26. The van der Waals surface area contributed by atoms with Gasteiger partial charge in [0.2, 0.25) is 0 Å². The van der Waals surface area contributed by atoms with E-state index in [1.54, 1.807) is 31.8 Å². The lowest BCUT2D eigenvalue weighted by molar-refractivity contribution is 0.435. The molecule has 2 aliphatic heterocycles. The van der Waals surface area contributed by atoms with Crippen molar-refractivity contribution >= 4 is 6.71 Å². The molecule has 2 rings (SSSR count). The number of rotatable bonds is 0. The van der Waals surface area contributed by atoms with Crippen LogP contribution < -0.4 is 0 Å². The van der Waals surface area contributed by atoms with Crippen LogP contribution in [0.1, 0.15) is 25.7 Å². The van der Waals surface area contributed by atoms with E-state index in [1.165, 1.54) is 12.8 Å². The van der Waals surface area contributed by atoms with Crippen molar-refractivity contribution in [3.8, 4) is 0 Å². The second-order valence-electron chi connectivity index (χ2n) is 3.83. The first-order valence-electron chi connectivity index (χ1n) is 4.45. The van der Waals surface area contributed by atoms with Gasteiger partial charge >= 0.3 is 0 Å². The van der Waals surface area contributed by atoms with Crippen LogP contribution in [0.25, 0.3) is 0 Å². The number of hydrogen-bond acceptors (Lipinski definition) is 0. The van der Waals surface area contributed by atoms with Crippen molar-refractivity contribution in [1.82, 2.24) is 0 Å². The SMILES string of the molecule is C1CB2CCCC(C1)C2. The maximum Gasteiger partial charge on any atom is 0.140 e. The molecule has 0 spiro atoms. The summed E-state index contributed by atoms with van der Waals surface area (Å²) >= 11 is 0. The van der Waals surface area contributed by atoms with Crippen molar-refractivity contribution in [1.29, 1.82) is 0 Å². The van der Waals surface area contributed by atoms with Crippen LogP contribution in [0.4, 0.5) is 0 Å². The van der Waals surface area contributed by atoms with Crippen molar-refractivity contribution in [3.05, 3.63) is 0 Å². The maximum absolute atomic E-state index is 1.58. The summed E-state index contributed by atoms with van der Waals surface area (Å²) in [5.74, 6) is 1.15. The van der Waals surface area contributed by atoms with Crippen LogP contribution in [0.5, 0.6) is 0 Å². The smallest absolute Gasteiger partial charge is 0.0741 e. The zero-order valence-corrected chi connectivity index (χ0v) is 6.10. The minimum absolute atomic E-state index is 1.15. The molecule has 0 atom stereocenters. The minimum Gasteiger partial charge on any atom is -0.0741 e. The van der Waals surface area contributed by atoms with Crippen LogP contribution in [0.2, 0.25) is 19.0 Å². The van der Waals surface area contributed by atoms with Gasteiger partial charge in [0, 0.05) is 0 Å². The van der Waals surface area contributed by atoms with Crippen LogP contribution in [0.3, 0.4) is 0 Å². The Morgan fingerprint density at radius 1 is 1.00 bits per heavy atom. The molecule has 2 bridgehead atoms. The maximum atomic E-state index is 1.58. The lowest BCUT2D eigenvalue weighted by Gasteiger charge is -2.31. The van der Waals surface area contributed by atoms with Gasteiger partial charge in [0.1, 0.15) is 6.71 Å². The summed E-state index contributed by atoms with van der Waals surface area (Å²) in [5.41, 5.74) is 0.